The van der Waals surface area contributed by atoms with E-state index < -0.39 is 25.3 Å². The summed E-state index contributed by atoms with van der Waals surface area (Å²) >= 11 is 0. The monoisotopic (exact) mass is 471 g/mol. The first-order valence-corrected chi connectivity index (χ1v) is 11.0. The molecule has 0 aliphatic carbocycles. The van der Waals surface area contributed by atoms with Gasteiger partial charge in [0, 0.05) is 6.20 Å². The highest BCUT2D eigenvalue weighted by Crippen LogP contribution is 2.24. The molecule has 35 heavy (non-hydrogen) atoms. The topological polar surface area (TPSA) is 136 Å². The lowest BCUT2D eigenvalue weighted by Crippen LogP contribution is -2.48. The van der Waals surface area contributed by atoms with Gasteiger partial charge in [-0.15, -0.1) is 0 Å². The van der Waals surface area contributed by atoms with Gasteiger partial charge in [-0.25, -0.2) is 4.79 Å². The zero-order chi connectivity index (χ0) is 25.2. The Hall–Kier alpha value is -3.97. The number of carbonyl (C=O) groups is 1. The number of benzene rings is 2. The van der Waals surface area contributed by atoms with Gasteiger partial charge in [0.15, 0.2) is 0 Å². The highest BCUT2D eigenvalue weighted by molar-refractivity contribution is 6.43. The molecule has 0 aliphatic heterocycles. The average molecular weight is 471 g/mol. The third-order valence-corrected chi connectivity index (χ3v) is 5.31. The lowest BCUT2D eigenvalue weighted by molar-refractivity contribution is 0.105. The Kier molecular flexibility index (Phi) is 9.15. The number of alkyl carbamates (subject to hydrolysis) is 1. The maximum atomic E-state index is 12.5. The SMILES string of the molecule is CC(OC(=O)NC(Cc1ccccc1)B(O)O)c1cc(C=C(C#N)c2ccccn2)cc(CO)c1. The molecule has 8 nitrogen and oxygen atoms in total. The second-order valence-corrected chi connectivity index (χ2v) is 7.95. The predicted octanol–water partition coefficient (Wildman–Crippen LogP) is 3.05. The summed E-state index contributed by atoms with van der Waals surface area (Å²) < 4.78 is 5.47. The summed E-state index contributed by atoms with van der Waals surface area (Å²) in [6, 6.07) is 21.7. The van der Waals surface area contributed by atoms with Crippen molar-refractivity contribution in [3.8, 4) is 6.07 Å². The second kappa shape index (κ2) is 12.5. The number of pyridine rings is 1. The molecule has 0 saturated heterocycles. The van der Waals surface area contributed by atoms with E-state index in [9.17, 15) is 25.2 Å². The van der Waals surface area contributed by atoms with E-state index in [1.165, 1.54) is 0 Å². The van der Waals surface area contributed by atoms with Gasteiger partial charge in [-0.2, -0.15) is 5.26 Å². The van der Waals surface area contributed by atoms with E-state index in [-0.39, 0.29) is 13.0 Å². The normalized spacial score (nSPS) is 12.8. The Morgan fingerprint density at radius 1 is 1.14 bits per heavy atom. The van der Waals surface area contributed by atoms with Crippen LogP contribution in [0.25, 0.3) is 11.6 Å². The Morgan fingerprint density at radius 2 is 1.89 bits per heavy atom. The summed E-state index contributed by atoms with van der Waals surface area (Å²) in [6.07, 6.45) is 1.92. The highest BCUT2D eigenvalue weighted by Gasteiger charge is 2.27. The minimum absolute atomic E-state index is 0.210. The molecule has 0 fully saturated rings. The van der Waals surface area contributed by atoms with E-state index in [1.807, 2.05) is 30.3 Å². The Morgan fingerprint density at radius 3 is 2.51 bits per heavy atom. The van der Waals surface area contributed by atoms with Crippen molar-refractivity contribution in [1.29, 1.82) is 5.26 Å². The number of aliphatic hydroxyl groups excluding tert-OH is 1. The van der Waals surface area contributed by atoms with Crippen molar-refractivity contribution >= 4 is 24.9 Å². The van der Waals surface area contributed by atoms with Gasteiger partial charge in [0.05, 0.1) is 23.8 Å². The molecule has 0 radical (unpaired) electrons. The van der Waals surface area contributed by atoms with Gasteiger partial charge in [-0.1, -0.05) is 36.4 Å². The van der Waals surface area contributed by atoms with Crippen molar-refractivity contribution in [2.75, 3.05) is 0 Å². The van der Waals surface area contributed by atoms with Gasteiger partial charge in [-0.05, 0) is 72.0 Å². The summed E-state index contributed by atoms with van der Waals surface area (Å²) in [6.45, 7) is 1.42. The number of amides is 1. The molecule has 0 saturated carbocycles. The Labute approximate surface area is 204 Å². The first kappa shape index (κ1) is 25.7. The molecule has 0 aliphatic rings. The van der Waals surface area contributed by atoms with Crippen LogP contribution in [0.15, 0.2) is 72.9 Å². The van der Waals surface area contributed by atoms with Crippen molar-refractivity contribution in [3.05, 3.63) is 101 Å². The largest absolute Gasteiger partial charge is 0.475 e. The quantitative estimate of drug-likeness (QED) is 0.278. The number of carbonyl (C=O) groups excluding carboxylic acids is 1. The fraction of sp³-hybridized carbons (Fsp3) is 0.192. The minimum Gasteiger partial charge on any atom is -0.442 e. The maximum Gasteiger partial charge on any atom is 0.475 e. The van der Waals surface area contributed by atoms with E-state index in [1.54, 1.807) is 55.6 Å². The molecule has 1 aromatic heterocycles. The van der Waals surface area contributed by atoms with E-state index in [2.05, 4.69) is 16.4 Å². The maximum absolute atomic E-state index is 12.5. The van der Waals surface area contributed by atoms with Gasteiger partial charge in [-0.3, -0.25) is 4.98 Å². The van der Waals surface area contributed by atoms with Crippen LogP contribution in [-0.2, 0) is 17.8 Å². The predicted molar refractivity (Wildman–Crippen MR) is 132 cm³/mol. The molecule has 178 valence electrons. The van der Waals surface area contributed by atoms with E-state index in [0.29, 0.717) is 28.0 Å². The summed E-state index contributed by atoms with van der Waals surface area (Å²) in [5.41, 5.74) is 3.50. The molecule has 2 aromatic carbocycles. The molecule has 1 heterocycles. The van der Waals surface area contributed by atoms with Crippen molar-refractivity contribution in [2.45, 2.75) is 32.0 Å². The van der Waals surface area contributed by atoms with Crippen molar-refractivity contribution in [2.24, 2.45) is 0 Å². The van der Waals surface area contributed by atoms with Gasteiger partial charge in [0.25, 0.3) is 0 Å². The van der Waals surface area contributed by atoms with Gasteiger partial charge < -0.3 is 25.2 Å². The highest BCUT2D eigenvalue weighted by atomic mass is 16.6. The summed E-state index contributed by atoms with van der Waals surface area (Å²) in [7, 11) is -1.77. The number of aromatic nitrogens is 1. The summed E-state index contributed by atoms with van der Waals surface area (Å²) in [5.74, 6) is -0.962. The molecule has 2 unspecified atom stereocenters. The zero-order valence-corrected chi connectivity index (χ0v) is 19.2. The van der Waals surface area contributed by atoms with Crippen LogP contribution in [-0.4, -0.2) is 39.3 Å². The molecule has 1 amide bonds. The number of allylic oxidation sites excluding steroid dienone is 1. The van der Waals surface area contributed by atoms with Crippen LogP contribution in [0, 0.1) is 11.3 Å². The smallest absolute Gasteiger partial charge is 0.442 e. The van der Waals surface area contributed by atoms with Gasteiger partial charge in [0.1, 0.15) is 12.2 Å². The molecule has 3 rings (SSSR count). The van der Waals surface area contributed by atoms with Crippen LogP contribution in [0.3, 0.4) is 0 Å². The number of nitrogens with one attached hydrogen (secondary N) is 1. The number of nitrogens with zero attached hydrogens (tertiary/aromatic N) is 2. The Bertz CT molecular complexity index is 1200. The zero-order valence-electron chi connectivity index (χ0n) is 19.2. The number of hydrogen-bond acceptors (Lipinski definition) is 7. The first-order chi connectivity index (χ1) is 16.9. The average Bonchev–Trinajstić information content (AvgIpc) is 2.87. The van der Waals surface area contributed by atoms with Gasteiger partial charge >= 0.3 is 13.2 Å². The van der Waals surface area contributed by atoms with E-state index >= 15 is 0 Å². The molecule has 3 aromatic rings. The number of hydrogen-bond donors (Lipinski definition) is 4. The van der Waals surface area contributed by atoms with Crippen LogP contribution in [0.5, 0.6) is 0 Å². The van der Waals surface area contributed by atoms with Crippen LogP contribution < -0.4 is 5.32 Å². The fourth-order valence-corrected chi connectivity index (χ4v) is 3.52. The first-order valence-electron chi connectivity index (χ1n) is 11.0. The molecule has 9 heteroatoms. The number of aliphatic hydroxyl groups is 1. The molecule has 2 atom stereocenters. The molecular formula is C26H26BN3O5. The third-order valence-electron chi connectivity index (χ3n) is 5.31. The standard InChI is InChI=1S/C26H26BN3O5/c1-18(35-26(32)30-25(27(33)34)15-19-7-3-2-4-8-19)22-12-20(11-21(14-22)17-31)13-23(16-28)24-9-5-6-10-29-24/h2-14,18,25,31,33-34H,15,17H2,1H3,(H,30,32). The van der Waals surface area contributed by atoms with Crippen LogP contribution in [0.2, 0.25) is 0 Å². The number of ether oxygens (including phenoxy) is 1. The van der Waals surface area contributed by atoms with E-state index in [0.717, 1.165) is 5.56 Å². The van der Waals surface area contributed by atoms with Crippen LogP contribution in [0.4, 0.5) is 4.79 Å². The molecule has 0 bridgehead atoms. The van der Waals surface area contributed by atoms with Crippen LogP contribution >= 0.6 is 0 Å². The lowest BCUT2D eigenvalue weighted by Gasteiger charge is -2.20. The Balaban J connectivity index is 1.76. The summed E-state index contributed by atoms with van der Waals surface area (Å²) in [5, 5.41) is 41.2. The van der Waals surface area contributed by atoms with Crippen LogP contribution in [0.1, 0.15) is 41.0 Å². The third kappa shape index (κ3) is 7.52. The number of rotatable bonds is 9. The van der Waals surface area contributed by atoms with E-state index in [4.69, 9.17) is 4.74 Å². The molecular weight excluding hydrogens is 445 g/mol. The number of nitriles is 1. The van der Waals surface area contributed by atoms with Crippen molar-refractivity contribution < 1.29 is 24.7 Å². The van der Waals surface area contributed by atoms with Gasteiger partial charge in [0.2, 0.25) is 0 Å². The minimum atomic E-state index is -1.77. The summed E-state index contributed by atoms with van der Waals surface area (Å²) in [4.78, 5) is 16.7. The fourth-order valence-electron chi connectivity index (χ4n) is 3.52. The van der Waals surface area contributed by atoms with Crippen molar-refractivity contribution in [1.82, 2.24) is 10.3 Å². The lowest BCUT2D eigenvalue weighted by atomic mass is 9.76. The second-order valence-electron chi connectivity index (χ2n) is 7.95. The van der Waals surface area contributed by atoms with Crippen molar-refractivity contribution in [3.63, 3.8) is 0 Å². The molecule has 0 spiro atoms. The molecule has 4 N–H and O–H groups in total.